The van der Waals surface area contributed by atoms with E-state index in [1.807, 2.05) is 6.07 Å². The van der Waals surface area contributed by atoms with Gasteiger partial charge in [0.15, 0.2) is 0 Å². The van der Waals surface area contributed by atoms with Gasteiger partial charge in [0.1, 0.15) is 9.84 Å². The number of carbonyl (C=O) groups is 1. The number of likely N-dealkylation sites (tertiary alicyclic amines) is 2. The highest BCUT2D eigenvalue weighted by atomic mass is 32.2. The molecule has 0 radical (unpaired) electrons. The molecule has 0 unspecified atom stereocenters. The first-order valence-electron chi connectivity index (χ1n) is 8.61. The zero-order chi connectivity index (χ0) is 17.2. The molecule has 6 heteroatoms. The summed E-state index contributed by atoms with van der Waals surface area (Å²) in [6.45, 7) is 3.88. The predicted octanol–water partition coefficient (Wildman–Crippen LogP) is 1.20. The van der Waals surface area contributed by atoms with Crippen LogP contribution in [0, 0.1) is 5.41 Å². The number of sulfone groups is 1. The van der Waals surface area contributed by atoms with Crippen LogP contribution in [0.25, 0.3) is 0 Å². The molecule has 2 fully saturated rings. The highest BCUT2D eigenvalue weighted by Crippen LogP contribution is 2.40. The van der Waals surface area contributed by atoms with Crippen LogP contribution < -0.4 is 0 Å². The quantitative estimate of drug-likeness (QED) is 0.724. The fourth-order valence-corrected chi connectivity index (χ4v) is 4.41. The third kappa shape index (κ3) is 3.98. The van der Waals surface area contributed by atoms with Crippen LogP contribution in [0.2, 0.25) is 0 Å². The van der Waals surface area contributed by atoms with Crippen LogP contribution in [0.1, 0.15) is 18.4 Å². The Morgan fingerprint density at radius 3 is 2.54 bits per heavy atom. The van der Waals surface area contributed by atoms with Crippen LogP contribution in [0.4, 0.5) is 0 Å². The van der Waals surface area contributed by atoms with Crippen molar-refractivity contribution >= 4 is 15.7 Å². The minimum Gasteiger partial charge on any atom is -0.340 e. The second kappa shape index (κ2) is 6.84. The maximum absolute atomic E-state index is 12.6. The summed E-state index contributed by atoms with van der Waals surface area (Å²) in [5.74, 6) is 0.211. The fraction of sp³-hybridized carbons (Fsp3) is 0.611. The Bertz CT molecular complexity index is 689. The summed E-state index contributed by atoms with van der Waals surface area (Å²) in [4.78, 5) is 16.7. The van der Waals surface area contributed by atoms with Gasteiger partial charge in [-0.25, -0.2) is 8.42 Å². The van der Waals surface area contributed by atoms with E-state index in [0.29, 0.717) is 13.1 Å². The SMILES string of the molecule is CS(=O)(=O)CCN1C[C@@]2(CCCN(CCc3ccccc3)C2)C1=O. The van der Waals surface area contributed by atoms with Gasteiger partial charge in [-0.2, -0.15) is 0 Å². The first kappa shape index (κ1) is 17.4. The number of piperidine rings is 1. The Morgan fingerprint density at radius 1 is 1.12 bits per heavy atom. The number of hydrogen-bond acceptors (Lipinski definition) is 4. The number of rotatable bonds is 6. The minimum atomic E-state index is -3.02. The maximum Gasteiger partial charge on any atom is 0.231 e. The normalized spacial score (nSPS) is 25.0. The van der Waals surface area contributed by atoms with Crippen molar-refractivity contribution in [3.63, 3.8) is 0 Å². The van der Waals surface area contributed by atoms with Gasteiger partial charge in [-0.05, 0) is 31.4 Å². The van der Waals surface area contributed by atoms with Crippen molar-refractivity contribution in [2.75, 3.05) is 44.7 Å². The molecule has 0 aromatic heterocycles. The van der Waals surface area contributed by atoms with Gasteiger partial charge in [0.2, 0.25) is 5.91 Å². The van der Waals surface area contributed by atoms with Crippen LogP contribution in [-0.4, -0.2) is 68.9 Å². The number of hydrogen-bond donors (Lipinski definition) is 0. The van der Waals surface area contributed by atoms with Gasteiger partial charge in [-0.15, -0.1) is 0 Å². The van der Waals surface area contributed by atoms with Gasteiger partial charge in [0.05, 0.1) is 11.2 Å². The lowest BCUT2D eigenvalue weighted by molar-refractivity contribution is -0.165. The molecule has 0 saturated carbocycles. The van der Waals surface area contributed by atoms with Crippen LogP contribution in [0.5, 0.6) is 0 Å². The summed E-state index contributed by atoms with van der Waals surface area (Å²) in [6.07, 6.45) is 4.20. The van der Waals surface area contributed by atoms with Crippen molar-refractivity contribution in [1.29, 1.82) is 0 Å². The number of carbonyl (C=O) groups excluding carboxylic acids is 1. The molecule has 1 aromatic rings. The first-order chi connectivity index (χ1) is 11.4. The van der Waals surface area contributed by atoms with Crippen LogP contribution in [0.3, 0.4) is 0 Å². The number of β-lactam (4-membered cyclic amide) rings is 1. The van der Waals surface area contributed by atoms with Crippen LogP contribution in [-0.2, 0) is 21.1 Å². The van der Waals surface area contributed by atoms with Crippen LogP contribution >= 0.6 is 0 Å². The summed E-state index contributed by atoms with van der Waals surface area (Å²) < 4.78 is 22.6. The lowest BCUT2D eigenvalue weighted by Gasteiger charge is -2.53. The molecule has 0 aliphatic carbocycles. The Kier molecular flexibility index (Phi) is 4.97. The van der Waals surface area contributed by atoms with Crippen molar-refractivity contribution in [2.24, 2.45) is 5.41 Å². The Hall–Kier alpha value is -1.40. The Labute approximate surface area is 144 Å². The largest absolute Gasteiger partial charge is 0.340 e. The van der Waals surface area contributed by atoms with E-state index in [1.54, 1.807) is 4.90 Å². The van der Waals surface area contributed by atoms with E-state index < -0.39 is 9.84 Å². The first-order valence-corrected chi connectivity index (χ1v) is 10.7. The molecular formula is C18H26N2O3S. The topological polar surface area (TPSA) is 57.7 Å². The van der Waals surface area contributed by atoms with E-state index in [0.717, 1.165) is 38.9 Å². The molecule has 2 heterocycles. The lowest BCUT2D eigenvalue weighted by Crippen LogP contribution is -2.67. The summed E-state index contributed by atoms with van der Waals surface area (Å²) in [7, 11) is -3.02. The van der Waals surface area contributed by atoms with Gasteiger partial charge in [0.25, 0.3) is 0 Å². The molecule has 3 rings (SSSR count). The van der Waals surface area contributed by atoms with E-state index in [4.69, 9.17) is 0 Å². The van der Waals surface area contributed by atoms with E-state index >= 15 is 0 Å². The zero-order valence-electron chi connectivity index (χ0n) is 14.3. The maximum atomic E-state index is 12.6. The molecule has 132 valence electrons. The van der Waals surface area contributed by atoms with E-state index in [-0.39, 0.29) is 17.1 Å². The van der Waals surface area contributed by atoms with Gasteiger partial charge in [0, 0.05) is 32.4 Å². The zero-order valence-corrected chi connectivity index (χ0v) is 15.1. The molecule has 5 nitrogen and oxygen atoms in total. The highest BCUT2D eigenvalue weighted by Gasteiger charge is 2.53. The molecule has 0 bridgehead atoms. The van der Waals surface area contributed by atoms with Gasteiger partial charge in [-0.3, -0.25) is 4.79 Å². The monoisotopic (exact) mass is 350 g/mol. The number of benzene rings is 1. The smallest absolute Gasteiger partial charge is 0.231 e. The van der Waals surface area contributed by atoms with Crippen LogP contribution in [0.15, 0.2) is 30.3 Å². The van der Waals surface area contributed by atoms with Gasteiger partial charge >= 0.3 is 0 Å². The standard InChI is InChI=1S/C18H26N2O3S/c1-24(22,23)13-12-20-15-18(17(20)21)9-5-10-19(14-18)11-8-16-6-3-2-4-7-16/h2-4,6-7H,5,8-15H2,1H3/t18-/m0/s1. The van der Waals surface area contributed by atoms with Crippen molar-refractivity contribution in [3.8, 4) is 0 Å². The summed E-state index contributed by atoms with van der Waals surface area (Å²) >= 11 is 0. The minimum absolute atomic E-state index is 0.0620. The van der Waals surface area contributed by atoms with Crippen molar-refractivity contribution in [3.05, 3.63) is 35.9 Å². The Balaban J connectivity index is 1.51. The summed E-state index contributed by atoms with van der Waals surface area (Å²) in [6, 6.07) is 10.4. The number of nitrogens with zero attached hydrogens (tertiary/aromatic N) is 2. The van der Waals surface area contributed by atoms with Gasteiger partial charge in [-0.1, -0.05) is 30.3 Å². The Morgan fingerprint density at radius 2 is 1.88 bits per heavy atom. The number of amides is 1. The predicted molar refractivity (Wildman–Crippen MR) is 94.5 cm³/mol. The molecule has 1 amide bonds. The van der Waals surface area contributed by atoms with E-state index in [9.17, 15) is 13.2 Å². The third-order valence-electron chi connectivity index (χ3n) is 5.18. The van der Waals surface area contributed by atoms with E-state index in [2.05, 4.69) is 29.2 Å². The molecular weight excluding hydrogens is 324 g/mol. The fourth-order valence-electron chi connectivity index (χ4n) is 3.86. The third-order valence-corrected chi connectivity index (χ3v) is 6.11. The second-order valence-corrected chi connectivity index (χ2v) is 9.51. The second-order valence-electron chi connectivity index (χ2n) is 7.25. The molecule has 2 aliphatic heterocycles. The molecule has 24 heavy (non-hydrogen) atoms. The summed E-state index contributed by atoms with van der Waals surface area (Å²) in [5.41, 5.74) is 1.07. The average Bonchev–Trinajstić information content (AvgIpc) is 2.57. The average molecular weight is 350 g/mol. The van der Waals surface area contributed by atoms with Crippen molar-refractivity contribution in [1.82, 2.24) is 9.80 Å². The molecule has 1 atom stereocenters. The molecule has 1 spiro atoms. The van der Waals surface area contributed by atoms with E-state index in [1.165, 1.54) is 11.8 Å². The molecule has 2 saturated heterocycles. The summed E-state index contributed by atoms with van der Waals surface area (Å²) in [5, 5.41) is 0. The van der Waals surface area contributed by atoms with Crippen molar-refractivity contribution < 1.29 is 13.2 Å². The molecule has 2 aliphatic rings. The molecule has 0 N–H and O–H groups in total. The van der Waals surface area contributed by atoms with Crippen molar-refractivity contribution in [2.45, 2.75) is 19.3 Å². The highest BCUT2D eigenvalue weighted by molar-refractivity contribution is 7.90. The lowest BCUT2D eigenvalue weighted by atomic mass is 9.72. The molecule has 1 aromatic carbocycles. The van der Waals surface area contributed by atoms with Gasteiger partial charge < -0.3 is 9.80 Å².